The van der Waals surface area contributed by atoms with Gasteiger partial charge in [0.15, 0.2) is 46.8 Å². The second kappa shape index (κ2) is 40.3. The number of aryl methyl sites for hydroxylation is 2. The van der Waals surface area contributed by atoms with Crippen LogP contribution in [0.5, 0.6) is 34.5 Å². The number of unbranched alkanes of at least 4 members (excludes halogenated alkanes) is 2. The molecule has 0 unspecified atom stereocenters. The molecule has 0 bridgehead atoms. The van der Waals surface area contributed by atoms with Crippen LogP contribution in [0.25, 0.3) is 32.7 Å². The molecule has 0 spiro atoms. The van der Waals surface area contributed by atoms with Crippen LogP contribution in [0.3, 0.4) is 0 Å². The number of hydrogen-bond donors (Lipinski definition) is 2. The number of piperidine rings is 3. The van der Waals surface area contributed by atoms with Crippen molar-refractivity contribution in [3.63, 3.8) is 0 Å². The molecule has 9 heterocycles. The first-order valence-corrected chi connectivity index (χ1v) is 41.3. The first-order valence-electron chi connectivity index (χ1n) is 40.5. The van der Waals surface area contributed by atoms with Gasteiger partial charge in [0, 0.05) is 98.2 Å². The molecule has 652 valence electrons. The van der Waals surface area contributed by atoms with Crippen LogP contribution in [0, 0.1) is 0 Å². The average Bonchev–Trinajstić information content (AvgIpc) is 1.30. The second-order valence-electron chi connectivity index (χ2n) is 35.0. The van der Waals surface area contributed by atoms with Crippen molar-refractivity contribution < 1.29 is 94.3 Å². The first kappa shape index (κ1) is 95.7. The number of aromatic hydroxyl groups is 1. The molecule has 32 heteroatoms. The number of carbonyl (C=O) groups excluding carboxylic acids is 3. The molecule has 26 nitrogen and oxygen atoms in total. The van der Waals surface area contributed by atoms with Gasteiger partial charge in [-0.25, -0.2) is 27.6 Å². The van der Waals surface area contributed by atoms with Crippen LogP contribution in [-0.2, 0) is 45.9 Å². The van der Waals surface area contributed by atoms with Gasteiger partial charge in [-0.05, 0) is 223 Å². The zero-order chi connectivity index (χ0) is 88.1. The van der Waals surface area contributed by atoms with Crippen molar-refractivity contribution in [1.29, 1.82) is 0 Å². The number of aliphatic hydroxyl groups is 1. The number of phenolic OH excluding ortho intramolecular Hbond substituents is 1. The summed E-state index contributed by atoms with van der Waals surface area (Å²) in [4.78, 5) is 73.4. The van der Waals surface area contributed by atoms with Gasteiger partial charge in [-0.15, -0.1) is 0 Å². The van der Waals surface area contributed by atoms with E-state index in [9.17, 15) is 37.9 Å². The third-order valence-corrected chi connectivity index (χ3v) is 21.8. The van der Waals surface area contributed by atoms with Gasteiger partial charge in [-0.2, -0.15) is 0 Å². The van der Waals surface area contributed by atoms with Crippen molar-refractivity contribution >= 4 is 80.9 Å². The van der Waals surface area contributed by atoms with Crippen molar-refractivity contribution in [3.8, 4) is 45.6 Å². The van der Waals surface area contributed by atoms with Gasteiger partial charge < -0.3 is 90.6 Å². The summed E-state index contributed by atoms with van der Waals surface area (Å²) in [5.41, 5.74) is -0.169. The van der Waals surface area contributed by atoms with Crippen molar-refractivity contribution in [1.82, 2.24) is 33.8 Å². The molecule has 5 aliphatic rings. The number of aromatic nitrogens is 4. The minimum Gasteiger partial charge on any atom is -0.504 e. The van der Waals surface area contributed by atoms with Crippen LogP contribution in [0.1, 0.15) is 176 Å². The van der Waals surface area contributed by atoms with Crippen LogP contribution in [0.4, 0.5) is 27.6 Å². The molecule has 7 aromatic rings. The smallest absolute Gasteiger partial charge is 0.494 e. The number of methoxy groups -OCH3 is 3. The van der Waals surface area contributed by atoms with Crippen LogP contribution in [0.2, 0.25) is 0 Å². The lowest BCUT2D eigenvalue weighted by Crippen LogP contribution is -2.50. The summed E-state index contributed by atoms with van der Waals surface area (Å²) in [6.07, 6.45) is 7.21. The molecule has 4 aromatic heterocycles. The van der Waals surface area contributed by atoms with Crippen LogP contribution >= 0.6 is 15.9 Å². The number of amides is 3. The lowest BCUT2D eigenvalue weighted by Gasteiger charge is -2.35. The molecule has 0 saturated carbocycles. The number of carbonyl (C=O) groups is 3. The molecule has 12 rings (SSSR count). The number of phenols is 1. The third kappa shape index (κ3) is 25.4. The van der Waals surface area contributed by atoms with E-state index >= 15 is 4.39 Å². The van der Waals surface area contributed by atoms with E-state index in [1.165, 1.54) is 36.0 Å². The van der Waals surface area contributed by atoms with Crippen LogP contribution in [-0.4, -0.2) is 213 Å². The zero-order valence-electron chi connectivity index (χ0n) is 73.0. The quantitative estimate of drug-likeness (QED) is 0.0671. The predicted molar refractivity (Wildman–Crippen MR) is 457 cm³/mol. The van der Waals surface area contributed by atoms with Crippen molar-refractivity contribution in [2.24, 2.45) is 0 Å². The molecule has 2 N–H and O–H groups in total. The Morgan fingerprint density at radius 2 is 0.891 bits per heavy atom. The highest BCUT2D eigenvalue weighted by atomic mass is 79.9. The van der Waals surface area contributed by atoms with E-state index in [4.69, 9.17) is 61.6 Å². The summed E-state index contributed by atoms with van der Waals surface area (Å²) >= 11 is 3.49. The molecule has 119 heavy (non-hydrogen) atoms. The summed E-state index contributed by atoms with van der Waals surface area (Å²) < 4.78 is 116. The Bertz CT molecular complexity index is 4700. The van der Waals surface area contributed by atoms with Gasteiger partial charge in [0.05, 0.1) is 80.2 Å². The summed E-state index contributed by atoms with van der Waals surface area (Å²) in [6, 6.07) is 19.6. The maximum absolute atomic E-state index is 15.1. The number of ether oxygens (including phenoxy) is 8. The number of hydrogen-bond acceptors (Lipinski definition) is 21. The number of nitrogens with zero attached hydrogens (tertiary/aromatic N) is 7. The van der Waals surface area contributed by atoms with E-state index in [-0.39, 0.29) is 54.1 Å². The fourth-order valence-electron chi connectivity index (χ4n) is 13.0. The molecular formula is C87H121B2BrF3N7O19. The SMILES string of the molecule is CC(C)(C)OC(=O)N1CC[C@@H](O)[C@@H](F)C1.CCCCn1cc(-c2ccc(O[C@H]3CCN(C(=O)OC(C)(C)C)C[C@@H]3F)c(OC)c2)c2ccncc2c1=O.CCCCn1cc(Br)c2ccncc2c1=O.COc1cc(B2OC(C)(C)C(C)(C)O2)ccc1O.COc1cc(B2OC(C)(C)C(C)(C)O2)ccc1O[C@H]1CCN(C(=O)OC(C)(C)C)C[C@@H]1F. The topological polar surface area (TPSA) is 282 Å². The van der Waals surface area contributed by atoms with E-state index in [1.54, 1.807) is 133 Å². The molecule has 0 aliphatic carbocycles. The minimum atomic E-state index is -1.38. The molecule has 0 radical (unpaired) electrons. The van der Waals surface area contributed by atoms with E-state index in [0.29, 0.717) is 78.5 Å². The third-order valence-electron chi connectivity index (χ3n) is 21.1. The Morgan fingerprint density at radius 1 is 0.513 bits per heavy atom. The molecule has 6 atom stereocenters. The number of pyridine rings is 4. The van der Waals surface area contributed by atoms with Gasteiger partial charge in [0.1, 0.15) is 35.2 Å². The fraction of sp³-hybridized carbons (Fsp3) is 0.575. The standard InChI is InChI=1S/C29H36FN3O5.C23H35BFNO6.C13H19BO4.C12H13BrN2O.C10H18FNO3/c1-6-7-13-32-17-22(20-10-12-31-16-21(20)27(32)34)19-8-9-25(26(15-19)36-5)37-24-11-14-33(18-23(24)30)28(35)38-29(2,3)4;1-21(2,3)30-20(27)26-12-11-17(16(25)14-26)29-18-10-9-15(13-19(18)28-8)24-31-22(4,5)23(6,7)32-24;1-12(2)13(3,4)18-14(17-12)9-6-7-10(15)11(8-9)16-5;1-2-3-6-15-8-11(13)9-4-5-14-7-10(9)12(15)16;1-10(2,3)15-9(14)12-5-4-8(13)7(11)6-12/h8-10,12,15-17,23-24H,6-7,11,13-14,18H2,1-5H3;9-10,13,16-17H,11-12,14H2,1-8H3;6-8,15H,1-5H3;4-5,7-8H,2-3,6H2,1H3;7-8,13H,4-6H2,1-3H3/t23-,24-;16-,17-;;;7-,8+/m00..0/s1. The van der Waals surface area contributed by atoms with Crippen LogP contribution < -0.4 is 45.7 Å². The van der Waals surface area contributed by atoms with Gasteiger partial charge in [0.2, 0.25) is 0 Å². The van der Waals surface area contributed by atoms with Crippen molar-refractivity contribution in [2.45, 2.75) is 266 Å². The summed E-state index contributed by atoms with van der Waals surface area (Å²) in [6.45, 7) is 38.3. The maximum Gasteiger partial charge on any atom is 0.494 e. The Hall–Kier alpha value is -8.81. The highest BCUT2D eigenvalue weighted by Gasteiger charge is 2.53. The molecule has 5 saturated heterocycles. The largest absolute Gasteiger partial charge is 0.504 e. The number of aliphatic hydroxyl groups excluding tert-OH is 1. The number of rotatable bonds is 16. The van der Waals surface area contributed by atoms with Crippen molar-refractivity contribution in [3.05, 3.63) is 129 Å². The van der Waals surface area contributed by atoms with E-state index in [2.05, 4.69) is 39.7 Å². The van der Waals surface area contributed by atoms with E-state index < -0.39 is 97.3 Å². The average molecular weight is 1730 g/mol. The lowest BCUT2D eigenvalue weighted by molar-refractivity contribution is -0.0177. The Morgan fingerprint density at radius 3 is 1.30 bits per heavy atom. The fourth-order valence-corrected chi connectivity index (χ4v) is 13.6. The second-order valence-corrected chi connectivity index (χ2v) is 35.9. The van der Waals surface area contributed by atoms with Gasteiger partial charge in [0.25, 0.3) is 11.1 Å². The highest BCUT2D eigenvalue weighted by Crippen LogP contribution is 2.41. The normalized spacial score (nSPS) is 20.5. The monoisotopic (exact) mass is 1730 g/mol. The first-order chi connectivity index (χ1) is 55.6. The molecule has 5 fully saturated rings. The van der Waals surface area contributed by atoms with E-state index in [0.717, 1.165) is 69.5 Å². The summed E-state index contributed by atoms with van der Waals surface area (Å²) in [7, 11) is 3.62. The molecule has 5 aliphatic heterocycles. The van der Waals surface area contributed by atoms with Crippen molar-refractivity contribution in [2.75, 3.05) is 60.6 Å². The van der Waals surface area contributed by atoms with Gasteiger partial charge >= 0.3 is 32.5 Å². The minimum absolute atomic E-state index is 0.0414. The molecule has 3 aromatic carbocycles. The number of benzene rings is 3. The number of likely N-dealkylation sites (tertiary alicyclic amines) is 3. The van der Waals surface area contributed by atoms with Gasteiger partial charge in [-0.1, -0.05) is 44.9 Å². The maximum atomic E-state index is 15.1. The molecular weight excluding hydrogens is 1610 g/mol. The predicted octanol–water partition coefficient (Wildman–Crippen LogP) is 15.3. The lowest BCUT2D eigenvalue weighted by atomic mass is 9.79. The van der Waals surface area contributed by atoms with E-state index in [1.807, 2.05) is 98.1 Å². The van der Waals surface area contributed by atoms with Crippen LogP contribution in [0.15, 0.2) is 118 Å². The Labute approximate surface area is 706 Å². The number of fused-ring (bicyclic) bond motifs is 2. The number of halogens is 4. The Balaban J connectivity index is 0.000000195. The van der Waals surface area contributed by atoms with Gasteiger partial charge in [-0.3, -0.25) is 19.6 Å². The number of alkyl halides is 3. The zero-order valence-corrected chi connectivity index (χ0v) is 74.6. The Kier molecular flexibility index (Phi) is 32.4. The highest BCUT2D eigenvalue weighted by molar-refractivity contribution is 9.10. The molecule has 3 amide bonds. The summed E-state index contributed by atoms with van der Waals surface area (Å²) in [5, 5.41) is 21.7. The summed E-state index contributed by atoms with van der Waals surface area (Å²) in [5.74, 6) is 2.31.